The molecule has 1 fully saturated rings. The lowest BCUT2D eigenvalue weighted by Crippen LogP contribution is -2.34. The number of anilines is 1. The van der Waals surface area contributed by atoms with Crippen LogP contribution in [0.3, 0.4) is 0 Å². The standard InChI is InChI=1S/C13H16F2N2O2.ClH/c14-13(15)19-9-4-1-3-8(7-9)17-12(18)10-5-2-6-11(10)16;/h1,3-4,7,10-11,13H,2,5-6,16H2,(H,17,18);1H. The van der Waals surface area contributed by atoms with Gasteiger partial charge in [0.2, 0.25) is 5.91 Å². The van der Waals surface area contributed by atoms with Crippen molar-refractivity contribution in [2.75, 3.05) is 5.32 Å². The van der Waals surface area contributed by atoms with Crippen molar-refractivity contribution in [2.24, 2.45) is 11.7 Å². The Bertz CT molecular complexity index is 460. The number of nitrogens with one attached hydrogen (secondary N) is 1. The lowest BCUT2D eigenvalue weighted by Gasteiger charge is -2.15. The van der Waals surface area contributed by atoms with Gasteiger partial charge >= 0.3 is 6.61 Å². The molecule has 2 unspecified atom stereocenters. The minimum absolute atomic E-state index is 0. The zero-order valence-electron chi connectivity index (χ0n) is 10.7. The van der Waals surface area contributed by atoms with Crippen molar-refractivity contribution >= 4 is 24.0 Å². The topological polar surface area (TPSA) is 64.4 Å². The van der Waals surface area contributed by atoms with Crippen LogP contribution >= 0.6 is 12.4 Å². The summed E-state index contributed by atoms with van der Waals surface area (Å²) in [5.74, 6) is -0.359. The van der Waals surface area contributed by atoms with Crippen LogP contribution in [-0.2, 0) is 4.79 Å². The molecule has 7 heteroatoms. The second-order valence-electron chi connectivity index (χ2n) is 4.60. The molecule has 1 aliphatic rings. The maximum atomic E-state index is 12.1. The van der Waals surface area contributed by atoms with Crippen LogP contribution in [0.5, 0.6) is 5.75 Å². The summed E-state index contributed by atoms with van der Waals surface area (Å²) in [7, 11) is 0. The van der Waals surface area contributed by atoms with E-state index in [4.69, 9.17) is 5.73 Å². The highest BCUT2D eigenvalue weighted by Crippen LogP contribution is 2.26. The number of alkyl halides is 2. The molecule has 1 aromatic rings. The Morgan fingerprint density at radius 3 is 2.75 bits per heavy atom. The first kappa shape index (κ1) is 16.7. The zero-order chi connectivity index (χ0) is 13.8. The van der Waals surface area contributed by atoms with E-state index in [1.807, 2.05) is 0 Å². The monoisotopic (exact) mass is 306 g/mol. The van der Waals surface area contributed by atoms with Gasteiger partial charge in [-0.15, -0.1) is 12.4 Å². The Labute approximate surface area is 122 Å². The number of ether oxygens (including phenoxy) is 1. The maximum absolute atomic E-state index is 12.1. The largest absolute Gasteiger partial charge is 0.435 e. The molecule has 0 aromatic heterocycles. The molecule has 1 aromatic carbocycles. The van der Waals surface area contributed by atoms with Gasteiger partial charge < -0.3 is 15.8 Å². The SMILES string of the molecule is Cl.NC1CCCC1C(=O)Nc1cccc(OC(F)F)c1. The molecule has 3 N–H and O–H groups in total. The predicted octanol–water partition coefficient (Wildman–Crippen LogP) is 2.78. The second-order valence-corrected chi connectivity index (χ2v) is 4.60. The van der Waals surface area contributed by atoms with Crippen LogP contribution in [0.15, 0.2) is 24.3 Å². The van der Waals surface area contributed by atoms with Gasteiger partial charge in [-0.2, -0.15) is 8.78 Å². The normalized spacial score (nSPS) is 21.4. The molecule has 0 radical (unpaired) electrons. The van der Waals surface area contributed by atoms with E-state index in [9.17, 15) is 13.6 Å². The van der Waals surface area contributed by atoms with E-state index in [1.165, 1.54) is 12.1 Å². The molecule has 1 aliphatic carbocycles. The first-order valence-corrected chi connectivity index (χ1v) is 6.17. The van der Waals surface area contributed by atoms with E-state index in [-0.39, 0.29) is 36.0 Å². The number of amides is 1. The van der Waals surface area contributed by atoms with Gasteiger partial charge in [0.25, 0.3) is 0 Å². The number of hydrogen-bond donors (Lipinski definition) is 2. The van der Waals surface area contributed by atoms with Gasteiger partial charge in [-0.25, -0.2) is 0 Å². The Morgan fingerprint density at radius 1 is 1.40 bits per heavy atom. The van der Waals surface area contributed by atoms with E-state index in [0.29, 0.717) is 5.69 Å². The number of nitrogens with two attached hydrogens (primary N) is 1. The Morgan fingerprint density at radius 2 is 2.15 bits per heavy atom. The van der Waals surface area contributed by atoms with E-state index < -0.39 is 6.61 Å². The average Bonchev–Trinajstić information content (AvgIpc) is 2.75. The first-order valence-electron chi connectivity index (χ1n) is 6.17. The molecule has 4 nitrogen and oxygen atoms in total. The lowest BCUT2D eigenvalue weighted by atomic mass is 10.0. The summed E-state index contributed by atoms with van der Waals surface area (Å²) in [6.45, 7) is -2.88. The molecular formula is C13H17ClF2N2O2. The summed E-state index contributed by atoms with van der Waals surface area (Å²) < 4.78 is 28.4. The number of rotatable bonds is 4. The number of hydrogen-bond acceptors (Lipinski definition) is 3. The number of carbonyl (C=O) groups excluding carboxylic acids is 1. The molecule has 0 aliphatic heterocycles. The van der Waals surface area contributed by atoms with Gasteiger partial charge in [0.15, 0.2) is 0 Å². The van der Waals surface area contributed by atoms with Gasteiger partial charge in [0.1, 0.15) is 5.75 Å². The second kappa shape index (κ2) is 7.40. The quantitative estimate of drug-likeness (QED) is 0.899. The van der Waals surface area contributed by atoms with E-state index in [1.54, 1.807) is 12.1 Å². The van der Waals surface area contributed by atoms with Crippen LogP contribution < -0.4 is 15.8 Å². The van der Waals surface area contributed by atoms with Crippen LogP contribution in [0.4, 0.5) is 14.5 Å². The molecule has 1 amide bonds. The molecule has 2 atom stereocenters. The smallest absolute Gasteiger partial charge is 0.387 e. The third-order valence-corrected chi connectivity index (χ3v) is 3.23. The van der Waals surface area contributed by atoms with Crippen molar-refractivity contribution in [1.82, 2.24) is 0 Å². The fourth-order valence-electron chi connectivity index (χ4n) is 2.30. The summed E-state index contributed by atoms with van der Waals surface area (Å²) in [6, 6.07) is 5.81. The summed E-state index contributed by atoms with van der Waals surface area (Å²) in [5.41, 5.74) is 6.28. The Kier molecular flexibility index (Phi) is 6.16. The Hall–Kier alpha value is -1.40. The highest BCUT2D eigenvalue weighted by atomic mass is 35.5. The minimum Gasteiger partial charge on any atom is -0.435 e. The highest BCUT2D eigenvalue weighted by Gasteiger charge is 2.30. The third-order valence-electron chi connectivity index (χ3n) is 3.23. The molecule has 0 bridgehead atoms. The van der Waals surface area contributed by atoms with Gasteiger partial charge in [-0.3, -0.25) is 4.79 Å². The van der Waals surface area contributed by atoms with Crippen molar-refractivity contribution in [3.05, 3.63) is 24.3 Å². The van der Waals surface area contributed by atoms with Crippen LogP contribution in [0.25, 0.3) is 0 Å². The maximum Gasteiger partial charge on any atom is 0.387 e. The fraction of sp³-hybridized carbons (Fsp3) is 0.462. The number of halogens is 3. The molecule has 0 spiro atoms. The summed E-state index contributed by atoms with van der Waals surface area (Å²) >= 11 is 0. The van der Waals surface area contributed by atoms with Crippen LogP contribution in [0, 0.1) is 5.92 Å². The van der Waals surface area contributed by atoms with Gasteiger partial charge in [-0.1, -0.05) is 12.5 Å². The predicted molar refractivity (Wildman–Crippen MR) is 74.3 cm³/mol. The van der Waals surface area contributed by atoms with Crippen molar-refractivity contribution in [2.45, 2.75) is 31.9 Å². The van der Waals surface area contributed by atoms with Crippen molar-refractivity contribution < 1.29 is 18.3 Å². The molecule has 20 heavy (non-hydrogen) atoms. The zero-order valence-corrected chi connectivity index (χ0v) is 11.5. The van der Waals surface area contributed by atoms with Crippen molar-refractivity contribution in [1.29, 1.82) is 0 Å². The highest BCUT2D eigenvalue weighted by molar-refractivity contribution is 5.93. The van der Waals surface area contributed by atoms with E-state index >= 15 is 0 Å². The van der Waals surface area contributed by atoms with Crippen LogP contribution in [0.1, 0.15) is 19.3 Å². The van der Waals surface area contributed by atoms with Crippen LogP contribution in [-0.4, -0.2) is 18.6 Å². The van der Waals surface area contributed by atoms with Gasteiger partial charge in [0, 0.05) is 17.8 Å². The van der Waals surface area contributed by atoms with E-state index in [0.717, 1.165) is 19.3 Å². The third kappa shape index (κ3) is 4.31. The molecule has 0 saturated heterocycles. The van der Waals surface area contributed by atoms with Gasteiger partial charge in [0.05, 0.1) is 5.92 Å². The molecular weight excluding hydrogens is 290 g/mol. The minimum atomic E-state index is -2.88. The van der Waals surface area contributed by atoms with Crippen molar-refractivity contribution in [3.63, 3.8) is 0 Å². The summed E-state index contributed by atoms with van der Waals surface area (Å²) in [6.07, 6.45) is 2.54. The fourth-order valence-corrected chi connectivity index (χ4v) is 2.30. The molecule has 1 saturated carbocycles. The number of carbonyl (C=O) groups is 1. The molecule has 0 heterocycles. The average molecular weight is 307 g/mol. The summed E-state index contributed by atoms with van der Waals surface area (Å²) in [5, 5.41) is 2.68. The lowest BCUT2D eigenvalue weighted by molar-refractivity contribution is -0.120. The summed E-state index contributed by atoms with van der Waals surface area (Å²) in [4.78, 5) is 12.0. The van der Waals surface area contributed by atoms with Crippen molar-refractivity contribution in [3.8, 4) is 5.75 Å². The van der Waals surface area contributed by atoms with E-state index in [2.05, 4.69) is 10.1 Å². The molecule has 2 rings (SSSR count). The Balaban J connectivity index is 0.00000200. The molecule has 112 valence electrons. The first-order chi connectivity index (χ1) is 9.06. The van der Waals surface area contributed by atoms with Gasteiger partial charge in [-0.05, 0) is 25.0 Å². The number of benzene rings is 1. The van der Waals surface area contributed by atoms with Crippen LogP contribution in [0.2, 0.25) is 0 Å².